The Morgan fingerprint density at radius 3 is 2.75 bits per heavy atom. The highest BCUT2D eigenvalue weighted by molar-refractivity contribution is 5.05. The predicted molar refractivity (Wildman–Crippen MR) is 81.4 cm³/mol. The molecular formula is C16H29N3O. The van der Waals surface area contributed by atoms with Gasteiger partial charge in [0.15, 0.2) is 5.76 Å². The summed E-state index contributed by atoms with van der Waals surface area (Å²) in [6, 6.07) is 2.09. The van der Waals surface area contributed by atoms with Crippen LogP contribution in [-0.2, 0) is 13.1 Å². The molecule has 1 aromatic heterocycles. The van der Waals surface area contributed by atoms with E-state index in [1.165, 1.54) is 25.8 Å². The topological polar surface area (TPSA) is 41.3 Å². The van der Waals surface area contributed by atoms with E-state index in [9.17, 15) is 0 Å². The van der Waals surface area contributed by atoms with Crippen molar-refractivity contribution in [3.05, 3.63) is 17.5 Å². The van der Waals surface area contributed by atoms with Gasteiger partial charge in [0.25, 0.3) is 0 Å². The summed E-state index contributed by atoms with van der Waals surface area (Å²) >= 11 is 0. The van der Waals surface area contributed by atoms with Crippen LogP contribution in [0.25, 0.3) is 0 Å². The molecule has 1 aliphatic rings. The molecule has 0 aromatic carbocycles. The van der Waals surface area contributed by atoms with E-state index in [4.69, 9.17) is 4.52 Å². The highest BCUT2D eigenvalue weighted by Crippen LogP contribution is 2.30. The minimum absolute atomic E-state index is 0.110. The molecular weight excluding hydrogens is 250 g/mol. The smallest absolute Gasteiger partial charge is 0.151 e. The second-order valence-corrected chi connectivity index (χ2v) is 7.07. The van der Waals surface area contributed by atoms with E-state index in [0.29, 0.717) is 0 Å². The van der Waals surface area contributed by atoms with Gasteiger partial charge in [-0.3, -0.25) is 4.90 Å². The fourth-order valence-electron chi connectivity index (χ4n) is 2.31. The van der Waals surface area contributed by atoms with Gasteiger partial charge in [0, 0.05) is 24.7 Å². The van der Waals surface area contributed by atoms with Crippen LogP contribution in [0.4, 0.5) is 0 Å². The van der Waals surface area contributed by atoms with Gasteiger partial charge in [0.1, 0.15) is 0 Å². The Morgan fingerprint density at radius 2 is 2.15 bits per heavy atom. The summed E-state index contributed by atoms with van der Waals surface area (Å²) in [6.07, 6.45) is 3.99. The maximum atomic E-state index is 5.48. The minimum Gasteiger partial charge on any atom is -0.360 e. The van der Waals surface area contributed by atoms with Gasteiger partial charge in [-0.2, -0.15) is 0 Å². The molecule has 0 amide bonds. The maximum absolute atomic E-state index is 5.48. The Kier molecular flexibility index (Phi) is 5.22. The second-order valence-electron chi connectivity index (χ2n) is 7.07. The molecule has 4 nitrogen and oxygen atoms in total. The average molecular weight is 279 g/mol. The SMILES string of the molecule is CCCN(Cc1cc(CNC(C)(C)C)no1)CC1CC1. The Hall–Kier alpha value is -0.870. The van der Waals surface area contributed by atoms with Gasteiger partial charge in [-0.1, -0.05) is 12.1 Å². The van der Waals surface area contributed by atoms with E-state index in [2.05, 4.69) is 49.1 Å². The molecule has 1 heterocycles. The molecule has 0 aliphatic heterocycles. The lowest BCUT2D eigenvalue weighted by Gasteiger charge is -2.19. The maximum Gasteiger partial charge on any atom is 0.151 e. The number of aromatic nitrogens is 1. The van der Waals surface area contributed by atoms with Gasteiger partial charge in [0.2, 0.25) is 0 Å². The predicted octanol–water partition coefficient (Wildman–Crippen LogP) is 3.18. The summed E-state index contributed by atoms with van der Waals surface area (Å²) in [6.45, 7) is 12.7. The monoisotopic (exact) mass is 279 g/mol. The van der Waals surface area contributed by atoms with Gasteiger partial charge >= 0.3 is 0 Å². The van der Waals surface area contributed by atoms with E-state index in [1.807, 2.05) is 0 Å². The number of nitrogens with zero attached hydrogens (tertiary/aromatic N) is 2. The molecule has 1 N–H and O–H groups in total. The van der Waals surface area contributed by atoms with Crippen LogP contribution in [0.1, 0.15) is 58.4 Å². The molecule has 114 valence electrons. The molecule has 4 heteroatoms. The minimum atomic E-state index is 0.110. The van der Waals surface area contributed by atoms with Crippen molar-refractivity contribution >= 4 is 0 Å². The highest BCUT2D eigenvalue weighted by atomic mass is 16.5. The zero-order valence-corrected chi connectivity index (χ0v) is 13.4. The standard InChI is InChI=1S/C16H29N3O/c1-5-8-19(11-13-6-7-13)12-15-9-14(18-20-15)10-17-16(2,3)4/h9,13,17H,5-8,10-12H2,1-4H3. The molecule has 20 heavy (non-hydrogen) atoms. The van der Waals surface area contributed by atoms with Crippen LogP contribution in [0.3, 0.4) is 0 Å². The van der Waals surface area contributed by atoms with Crippen molar-refractivity contribution in [3.63, 3.8) is 0 Å². The van der Waals surface area contributed by atoms with Gasteiger partial charge in [-0.25, -0.2) is 0 Å². The van der Waals surface area contributed by atoms with Crippen LogP contribution in [-0.4, -0.2) is 28.7 Å². The lowest BCUT2D eigenvalue weighted by Crippen LogP contribution is -2.35. The summed E-state index contributed by atoms with van der Waals surface area (Å²) in [7, 11) is 0. The Balaban J connectivity index is 1.83. The van der Waals surface area contributed by atoms with Crippen LogP contribution in [0.2, 0.25) is 0 Å². The number of hydrogen-bond donors (Lipinski definition) is 1. The van der Waals surface area contributed by atoms with Crippen LogP contribution < -0.4 is 5.32 Å². The van der Waals surface area contributed by atoms with Crippen molar-refractivity contribution < 1.29 is 4.52 Å². The van der Waals surface area contributed by atoms with E-state index < -0.39 is 0 Å². The average Bonchev–Trinajstić information content (AvgIpc) is 3.04. The fraction of sp³-hybridized carbons (Fsp3) is 0.812. The number of rotatable bonds is 8. The zero-order chi connectivity index (χ0) is 14.6. The van der Waals surface area contributed by atoms with Gasteiger partial charge in [0.05, 0.1) is 12.2 Å². The third-order valence-electron chi connectivity index (χ3n) is 3.54. The summed E-state index contributed by atoms with van der Waals surface area (Å²) in [5.74, 6) is 1.91. The van der Waals surface area contributed by atoms with E-state index >= 15 is 0 Å². The van der Waals surface area contributed by atoms with Crippen molar-refractivity contribution in [1.82, 2.24) is 15.4 Å². The lowest BCUT2D eigenvalue weighted by molar-refractivity contribution is 0.222. The molecule has 1 aromatic rings. The molecule has 0 bridgehead atoms. The summed E-state index contributed by atoms with van der Waals surface area (Å²) in [4.78, 5) is 2.50. The first kappa shape index (κ1) is 15.5. The first-order valence-corrected chi connectivity index (χ1v) is 7.88. The van der Waals surface area contributed by atoms with E-state index in [1.54, 1.807) is 0 Å². The van der Waals surface area contributed by atoms with Crippen LogP contribution in [0, 0.1) is 5.92 Å². The van der Waals surface area contributed by atoms with Crippen LogP contribution in [0.5, 0.6) is 0 Å². The fourth-order valence-corrected chi connectivity index (χ4v) is 2.31. The molecule has 2 rings (SSSR count). The van der Waals surface area contributed by atoms with Crippen molar-refractivity contribution in [3.8, 4) is 0 Å². The van der Waals surface area contributed by atoms with E-state index in [0.717, 1.165) is 37.0 Å². The zero-order valence-electron chi connectivity index (χ0n) is 13.4. The first-order valence-electron chi connectivity index (χ1n) is 7.88. The molecule has 0 radical (unpaired) electrons. The normalized spacial score (nSPS) is 16.1. The molecule has 0 atom stereocenters. The number of nitrogens with one attached hydrogen (secondary N) is 1. The molecule has 0 saturated heterocycles. The molecule has 0 unspecified atom stereocenters. The van der Waals surface area contributed by atoms with Crippen molar-refractivity contribution in [1.29, 1.82) is 0 Å². The highest BCUT2D eigenvalue weighted by Gasteiger charge is 2.24. The third kappa shape index (κ3) is 5.63. The Bertz CT molecular complexity index is 404. The molecule has 1 aliphatic carbocycles. The van der Waals surface area contributed by atoms with E-state index in [-0.39, 0.29) is 5.54 Å². The van der Waals surface area contributed by atoms with Crippen LogP contribution in [0.15, 0.2) is 10.6 Å². The van der Waals surface area contributed by atoms with Gasteiger partial charge < -0.3 is 9.84 Å². The summed E-state index contributed by atoms with van der Waals surface area (Å²) in [5.41, 5.74) is 1.11. The Morgan fingerprint density at radius 1 is 1.40 bits per heavy atom. The van der Waals surface area contributed by atoms with Crippen molar-refractivity contribution in [2.24, 2.45) is 5.92 Å². The molecule has 0 spiro atoms. The van der Waals surface area contributed by atoms with Crippen LogP contribution >= 0.6 is 0 Å². The molecule has 1 fully saturated rings. The van der Waals surface area contributed by atoms with Gasteiger partial charge in [-0.15, -0.1) is 0 Å². The lowest BCUT2D eigenvalue weighted by atomic mass is 10.1. The third-order valence-corrected chi connectivity index (χ3v) is 3.54. The summed E-state index contributed by atoms with van der Waals surface area (Å²) < 4.78 is 5.48. The second kappa shape index (κ2) is 6.72. The van der Waals surface area contributed by atoms with Crippen molar-refractivity contribution in [2.75, 3.05) is 13.1 Å². The molecule has 1 saturated carbocycles. The summed E-state index contributed by atoms with van der Waals surface area (Å²) in [5, 5.41) is 7.60. The largest absolute Gasteiger partial charge is 0.360 e. The Labute approximate surface area is 122 Å². The number of hydrogen-bond acceptors (Lipinski definition) is 4. The van der Waals surface area contributed by atoms with Crippen molar-refractivity contribution in [2.45, 2.75) is 65.6 Å². The quantitative estimate of drug-likeness (QED) is 0.793. The van der Waals surface area contributed by atoms with Gasteiger partial charge in [-0.05, 0) is 52.5 Å². The first-order chi connectivity index (χ1) is 9.46.